The van der Waals surface area contributed by atoms with Crippen molar-refractivity contribution in [2.75, 3.05) is 6.61 Å². The number of benzene rings is 1. The van der Waals surface area contributed by atoms with Gasteiger partial charge in [-0.3, -0.25) is 4.98 Å². The molecule has 0 aliphatic rings. The molecular formula is C16H20N2O2. The molecule has 1 atom stereocenters. The molecule has 0 fully saturated rings. The zero-order valence-corrected chi connectivity index (χ0v) is 11.8. The minimum atomic E-state index is 0.167. The second-order valence-electron chi connectivity index (χ2n) is 4.59. The maximum atomic E-state index is 9.67. The van der Waals surface area contributed by atoms with Gasteiger partial charge in [0, 0.05) is 18.8 Å². The highest BCUT2D eigenvalue weighted by molar-refractivity contribution is 5.41. The molecule has 0 spiro atoms. The molecule has 0 radical (unpaired) electrons. The maximum absolute atomic E-state index is 9.67. The van der Waals surface area contributed by atoms with Crippen LogP contribution < -0.4 is 10.1 Å². The summed E-state index contributed by atoms with van der Waals surface area (Å²) in [4.78, 5) is 4.32. The van der Waals surface area contributed by atoms with E-state index in [0.717, 1.165) is 11.3 Å². The SMILES string of the molecule is CCOc1cc(CN[C@H](C)c2ccccn2)ccc1O. The molecule has 0 aliphatic carbocycles. The number of nitrogens with one attached hydrogen (secondary N) is 1. The summed E-state index contributed by atoms with van der Waals surface area (Å²) in [6.45, 7) is 5.20. The van der Waals surface area contributed by atoms with E-state index in [1.807, 2.05) is 37.3 Å². The summed E-state index contributed by atoms with van der Waals surface area (Å²) >= 11 is 0. The first-order valence-electron chi connectivity index (χ1n) is 6.79. The predicted molar refractivity (Wildman–Crippen MR) is 78.8 cm³/mol. The van der Waals surface area contributed by atoms with Crippen molar-refractivity contribution < 1.29 is 9.84 Å². The number of ether oxygens (including phenoxy) is 1. The number of aromatic nitrogens is 1. The number of phenols is 1. The molecule has 0 amide bonds. The van der Waals surface area contributed by atoms with Gasteiger partial charge in [0.05, 0.1) is 12.3 Å². The summed E-state index contributed by atoms with van der Waals surface area (Å²) in [5.41, 5.74) is 2.07. The van der Waals surface area contributed by atoms with E-state index in [1.165, 1.54) is 0 Å². The van der Waals surface area contributed by atoms with Crippen LogP contribution in [0, 0.1) is 0 Å². The van der Waals surface area contributed by atoms with E-state index in [-0.39, 0.29) is 11.8 Å². The standard InChI is InChI=1S/C16H20N2O2/c1-3-20-16-10-13(7-8-15(16)19)11-18-12(2)14-6-4-5-9-17-14/h4-10,12,18-19H,3,11H2,1-2H3/t12-/m1/s1. The molecule has 0 saturated heterocycles. The molecule has 1 aromatic heterocycles. The lowest BCUT2D eigenvalue weighted by molar-refractivity contribution is 0.317. The number of hydrogen-bond acceptors (Lipinski definition) is 4. The van der Waals surface area contributed by atoms with Gasteiger partial charge < -0.3 is 15.2 Å². The predicted octanol–water partition coefficient (Wildman–Crippen LogP) is 3.04. The van der Waals surface area contributed by atoms with Crippen molar-refractivity contribution in [3.8, 4) is 11.5 Å². The first kappa shape index (κ1) is 14.3. The zero-order chi connectivity index (χ0) is 14.4. The highest BCUT2D eigenvalue weighted by Crippen LogP contribution is 2.27. The van der Waals surface area contributed by atoms with Gasteiger partial charge in [0.1, 0.15) is 0 Å². The Labute approximate surface area is 119 Å². The Balaban J connectivity index is 1.98. The van der Waals surface area contributed by atoms with Crippen molar-refractivity contribution in [2.45, 2.75) is 26.4 Å². The van der Waals surface area contributed by atoms with Crippen LogP contribution in [0.2, 0.25) is 0 Å². The van der Waals surface area contributed by atoms with E-state index in [4.69, 9.17) is 4.74 Å². The van der Waals surface area contributed by atoms with Gasteiger partial charge in [-0.15, -0.1) is 0 Å². The fraction of sp³-hybridized carbons (Fsp3) is 0.312. The summed E-state index contributed by atoms with van der Waals surface area (Å²) in [5, 5.41) is 13.1. The summed E-state index contributed by atoms with van der Waals surface area (Å²) in [7, 11) is 0. The molecule has 20 heavy (non-hydrogen) atoms. The highest BCUT2D eigenvalue weighted by atomic mass is 16.5. The van der Waals surface area contributed by atoms with E-state index >= 15 is 0 Å². The number of hydrogen-bond donors (Lipinski definition) is 2. The van der Waals surface area contributed by atoms with E-state index in [0.29, 0.717) is 18.9 Å². The topological polar surface area (TPSA) is 54.4 Å². The quantitative estimate of drug-likeness (QED) is 0.848. The monoisotopic (exact) mass is 272 g/mol. The minimum Gasteiger partial charge on any atom is -0.504 e. The third kappa shape index (κ3) is 3.71. The smallest absolute Gasteiger partial charge is 0.161 e. The van der Waals surface area contributed by atoms with Crippen molar-refractivity contribution in [3.63, 3.8) is 0 Å². The number of nitrogens with zero attached hydrogens (tertiary/aromatic N) is 1. The third-order valence-electron chi connectivity index (χ3n) is 3.07. The molecule has 2 rings (SSSR count). The molecule has 1 heterocycles. The molecule has 2 aromatic rings. The van der Waals surface area contributed by atoms with Gasteiger partial charge in [-0.25, -0.2) is 0 Å². The lowest BCUT2D eigenvalue weighted by Gasteiger charge is -2.14. The highest BCUT2D eigenvalue weighted by Gasteiger charge is 2.07. The normalized spacial score (nSPS) is 12.1. The van der Waals surface area contributed by atoms with Crippen LogP contribution in [-0.4, -0.2) is 16.7 Å². The van der Waals surface area contributed by atoms with Gasteiger partial charge >= 0.3 is 0 Å². The lowest BCUT2D eigenvalue weighted by atomic mass is 10.1. The first-order chi connectivity index (χ1) is 9.70. The van der Waals surface area contributed by atoms with Crippen LogP contribution in [0.5, 0.6) is 11.5 Å². The first-order valence-corrected chi connectivity index (χ1v) is 6.79. The number of aromatic hydroxyl groups is 1. The summed E-state index contributed by atoms with van der Waals surface area (Å²) in [6, 6.07) is 11.5. The van der Waals surface area contributed by atoms with Crippen LogP contribution >= 0.6 is 0 Å². The molecule has 0 bridgehead atoms. The lowest BCUT2D eigenvalue weighted by Crippen LogP contribution is -2.18. The minimum absolute atomic E-state index is 0.167. The molecule has 0 saturated carbocycles. The van der Waals surface area contributed by atoms with Crippen molar-refractivity contribution >= 4 is 0 Å². The Morgan fingerprint density at radius 1 is 1.30 bits per heavy atom. The average molecular weight is 272 g/mol. The molecule has 0 aliphatic heterocycles. The van der Waals surface area contributed by atoms with Crippen LogP contribution in [-0.2, 0) is 6.54 Å². The van der Waals surface area contributed by atoms with Gasteiger partial charge in [0.15, 0.2) is 11.5 Å². The fourth-order valence-corrected chi connectivity index (χ4v) is 1.95. The van der Waals surface area contributed by atoms with Crippen LogP contribution in [0.25, 0.3) is 0 Å². The molecular weight excluding hydrogens is 252 g/mol. The van der Waals surface area contributed by atoms with Gasteiger partial charge in [-0.1, -0.05) is 12.1 Å². The van der Waals surface area contributed by atoms with E-state index in [1.54, 1.807) is 12.3 Å². The molecule has 4 heteroatoms. The molecule has 0 unspecified atom stereocenters. The molecule has 1 aromatic carbocycles. The fourth-order valence-electron chi connectivity index (χ4n) is 1.95. The Bertz CT molecular complexity index is 543. The molecule has 106 valence electrons. The third-order valence-corrected chi connectivity index (χ3v) is 3.07. The zero-order valence-electron chi connectivity index (χ0n) is 11.8. The Morgan fingerprint density at radius 2 is 2.15 bits per heavy atom. The van der Waals surface area contributed by atoms with Gasteiger partial charge in [0.2, 0.25) is 0 Å². The Morgan fingerprint density at radius 3 is 2.85 bits per heavy atom. The van der Waals surface area contributed by atoms with Gasteiger partial charge in [-0.05, 0) is 43.7 Å². The number of pyridine rings is 1. The van der Waals surface area contributed by atoms with E-state index < -0.39 is 0 Å². The summed E-state index contributed by atoms with van der Waals surface area (Å²) < 4.78 is 5.38. The van der Waals surface area contributed by atoms with Gasteiger partial charge in [0.25, 0.3) is 0 Å². The summed E-state index contributed by atoms with van der Waals surface area (Å²) in [5.74, 6) is 0.700. The average Bonchev–Trinajstić information content (AvgIpc) is 2.49. The molecule has 4 nitrogen and oxygen atoms in total. The molecule has 2 N–H and O–H groups in total. The van der Waals surface area contributed by atoms with Crippen LogP contribution in [0.4, 0.5) is 0 Å². The van der Waals surface area contributed by atoms with E-state index in [2.05, 4.69) is 17.2 Å². The van der Waals surface area contributed by atoms with Crippen molar-refractivity contribution in [2.24, 2.45) is 0 Å². The van der Waals surface area contributed by atoms with Crippen molar-refractivity contribution in [1.29, 1.82) is 0 Å². The Kier molecular flexibility index (Phi) is 4.96. The van der Waals surface area contributed by atoms with E-state index in [9.17, 15) is 5.11 Å². The van der Waals surface area contributed by atoms with Crippen LogP contribution in [0.1, 0.15) is 31.1 Å². The van der Waals surface area contributed by atoms with Crippen LogP contribution in [0.3, 0.4) is 0 Å². The van der Waals surface area contributed by atoms with Crippen molar-refractivity contribution in [3.05, 3.63) is 53.9 Å². The van der Waals surface area contributed by atoms with Crippen LogP contribution in [0.15, 0.2) is 42.6 Å². The largest absolute Gasteiger partial charge is 0.504 e. The summed E-state index contributed by atoms with van der Waals surface area (Å²) in [6.07, 6.45) is 1.79. The van der Waals surface area contributed by atoms with Gasteiger partial charge in [-0.2, -0.15) is 0 Å². The number of phenolic OH excluding ortho intramolecular Hbond substituents is 1. The second-order valence-corrected chi connectivity index (χ2v) is 4.59. The maximum Gasteiger partial charge on any atom is 0.161 e. The number of rotatable bonds is 6. The van der Waals surface area contributed by atoms with Crippen molar-refractivity contribution in [1.82, 2.24) is 10.3 Å². The Hall–Kier alpha value is -2.07. The second kappa shape index (κ2) is 6.91.